The molecule has 1 unspecified atom stereocenters. The summed E-state index contributed by atoms with van der Waals surface area (Å²) in [4.78, 5) is 11.2. The maximum Gasteiger partial charge on any atom is 0.335 e. The molecule has 1 aliphatic heterocycles. The Kier molecular flexibility index (Phi) is 4.18. The van der Waals surface area contributed by atoms with Crippen LogP contribution in [0, 0.1) is 5.92 Å². The zero-order valence-corrected chi connectivity index (χ0v) is 7.95. The number of unbranched alkanes of at least 4 members (excludes halogenated alkanes) is 1. The van der Waals surface area contributed by atoms with Crippen molar-refractivity contribution in [2.24, 2.45) is 5.92 Å². The highest BCUT2D eigenvalue weighted by atomic mass is 16.5. The van der Waals surface area contributed by atoms with E-state index in [9.17, 15) is 9.90 Å². The van der Waals surface area contributed by atoms with Gasteiger partial charge in [-0.2, -0.15) is 0 Å². The summed E-state index contributed by atoms with van der Waals surface area (Å²) >= 11 is 0. The number of rotatable bonds is 5. The zero-order valence-electron chi connectivity index (χ0n) is 7.95. The molecule has 1 heterocycles. The van der Waals surface area contributed by atoms with Crippen LogP contribution in [0.1, 0.15) is 19.8 Å². The molecule has 13 heavy (non-hydrogen) atoms. The van der Waals surface area contributed by atoms with Crippen molar-refractivity contribution in [3.63, 3.8) is 0 Å². The number of ether oxygens (including phenoxy) is 1. The quantitative estimate of drug-likeness (QED) is 0.466. The Morgan fingerprint density at radius 2 is 2.38 bits per heavy atom. The van der Waals surface area contributed by atoms with E-state index in [0.717, 1.165) is 12.8 Å². The predicted molar refractivity (Wildman–Crippen MR) is 48.2 cm³/mol. The van der Waals surface area contributed by atoms with Gasteiger partial charge < -0.3 is 15.2 Å². The van der Waals surface area contributed by atoms with Gasteiger partial charge in [0.1, 0.15) is 0 Å². The lowest BCUT2D eigenvalue weighted by Crippen LogP contribution is -2.51. The summed E-state index contributed by atoms with van der Waals surface area (Å²) in [5, 5.41) is 12.4. The van der Waals surface area contributed by atoms with E-state index in [1.165, 1.54) is 0 Å². The fraction of sp³-hybridized carbons (Fsp3) is 0.889. The van der Waals surface area contributed by atoms with Crippen LogP contribution in [-0.2, 0) is 9.53 Å². The first kappa shape index (κ1) is 10.5. The minimum atomic E-state index is -0.932. The Labute approximate surface area is 78.3 Å². The molecule has 0 radical (unpaired) electrons. The molecule has 4 heteroatoms. The van der Waals surface area contributed by atoms with Crippen molar-refractivity contribution < 1.29 is 14.6 Å². The van der Waals surface area contributed by atoms with Gasteiger partial charge in [-0.1, -0.05) is 13.3 Å². The van der Waals surface area contributed by atoms with Crippen molar-refractivity contribution in [2.45, 2.75) is 25.9 Å². The topological polar surface area (TPSA) is 58.6 Å². The van der Waals surface area contributed by atoms with E-state index >= 15 is 0 Å². The summed E-state index contributed by atoms with van der Waals surface area (Å²) in [6, 6.07) is 0. The molecule has 0 bridgehead atoms. The Balaban J connectivity index is 2.13. The number of carbonyl (C=O) groups excluding carboxylic acids is 1. The second kappa shape index (κ2) is 5.19. The lowest BCUT2D eigenvalue weighted by atomic mass is 9.97. The molecule has 0 aromatic rings. The zero-order chi connectivity index (χ0) is 9.68. The van der Waals surface area contributed by atoms with Crippen molar-refractivity contribution in [2.75, 3.05) is 19.7 Å². The highest BCUT2D eigenvalue weighted by molar-refractivity contribution is 5.74. The molecule has 1 fully saturated rings. The van der Waals surface area contributed by atoms with Crippen LogP contribution in [-0.4, -0.2) is 36.9 Å². The van der Waals surface area contributed by atoms with Crippen molar-refractivity contribution >= 4 is 5.97 Å². The van der Waals surface area contributed by atoms with Crippen LogP contribution >= 0.6 is 0 Å². The number of carbonyl (C=O) groups is 1. The van der Waals surface area contributed by atoms with Gasteiger partial charge in [-0.3, -0.25) is 0 Å². The molecule has 0 saturated carbocycles. The van der Waals surface area contributed by atoms with Crippen LogP contribution in [0.3, 0.4) is 0 Å². The van der Waals surface area contributed by atoms with Crippen LogP contribution in [0.2, 0.25) is 0 Å². The Morgan fingerprint density at radius 1 is 1.69 bits per heavy atom. The molecule has 0 aromatic heterocycles. The summed E-state index contributed by atoms with van der Waals surface area (Å²) in [5.74, 6) is -0.422. The molecule has 1 aliphatic rings. The van der Waals surface area contributed by atoms with E-state index < -0.39 is 12.1 Å². The molecule has 1 rings (SSSR count). The highest BCUT2D eigenvalue weighted by Crippen LogP contribution is 2.10. The normalized spacial score (nSPS) is 19.2. The van der Waals surface area contributed by atoms with E-state index in [1.54, 1.807) is 0 Å². The average molecular weight is 187 g/mol. The molecule has 76 valence electrons. The SMILES string of the molecule is CCCCOC(=O)C(O)C1CNC1. The Hall–Kier alpha value is -0.610. The number of hydrogen-bond acceptors (Lipinski definition) is 4. The molecule has 0 amide bonds. The Morgan fingerprint density at radius 3 is 2.85 bits per heavy atom. The molecule has 0 spiro atoms. The van der Waals surface area contributed by atoms with Crippen LogP contribution in [0.5, 0.6) is 0 Å². The molecule has 0 aliphatic carbocycles. The molecule has 2 N–H and O–H groups in total. The van der Waals surface area contributed by atoms with Gasteiger partial charge >= 0.3 is 5.97 Å². The predicted octanol–water partition coefficient (Wildman–Crippen LogP) is -0.0900. The van der Waals surface area contributed by atoms with E-state index in [2.05, 4.69) is 5.32 Å². The molecular weight excluding hydrogens is 170 g/mol. The molecule has 4 nitrogen and oxygen atoms in total. The first-order valence-corrected chi connectivity index (χ1v) is 4.81. The monoisotopic (exact) mass is 187 g/mol. The van der Waals surface area contributed by atoms with Crippen LogP contribution in [0.25, 0.3) is 0 Å². The minimum Gasteiger partial charge on any atom is -0.464 e. The number of esters is 1. The average Bonchev–Trinajstić information content (AvgIpc) is 2.01. The third-order valence-corrected chi connectivity index (χ3v) is 2.24. The maximum absolute atomic E-state index is 11.2. The fourth-order valence-electron chi connectivity index (χ4n) is 1.13. The summed E-state index contributed by atoms with van der Waals surface area (Å²) in [7, 11) is 0. The first-order valence-electron chi connectivity index (χ1n) is 4.81. The van der Waals surface area contributed by atoms with E-state index in [-0.39, 0.29) is 5.92 Å². The molecule has 1 atom stereocenters. The van der Waals surface area contributed by atoms with E-state index in [4.69, 9.17) is 4.74 Å². The van der Waals surface area contributed by atoms with Crippen molar-refractivity contribution in [1.29, 1.82) is 0 Å². The summed E-state index contributed by atoms with van der Waals surface area (Å²) in [5.41, 5.74) is 0. The minimum absolute atomic E-state index is 0.0501. The second-order valence-corrected chi connectivity index (χ2v) is 3.38. The van der Waals surface area contributed by atoms with E-state index in [1.807, 2.05) is 6.92 Å². The van der Waals surface area contributed by atoms with Crippen LogP contribution in [0.15, 0.2) is 0 Å². The van der Waals surface area contributed by atoms with Crippen LogP contribution in [0.4, 0.5) is 0 Å². The van der Waals surface area contributed by atoms with Crippen molar-refractivity contribution in [1.82, 2.24) is 5.32 Å². The fourth-order valence-corrected chi connectivity index (χ4v) is 1.13. The van der Waals surface area contributed by atoms with Gasteiger partial charge in [-0.05, 0) is 6.42 Å². The number of aliphatic hydroxyl groups excluding tert-OH is 1. The number of aliphatic hydroxyl groups is 1. The van der Waals surface area contributed by atoms with Gasteiger partial charge in [-0.15, -0.1) is 0 Å². The Bertz CT molecular complexity index is 168. The largest absolute Gasteiger partial charge is 0.464 e. The van der Waals surface area contributed by atoms with Crippen LogP contribution < -0.4 is 5.32 Å². The molecule has 0 aromatic carbocycles. The number of nitrogens with one attached hydrogen (secondary N) is 1. The molecular formula is C9H17NO3. The van der Waals surface area contributed by atoms with Crippen molar-refractivity contribution in [3.05, 3.63) is 0 Å². The summed E-state index contributed by atoms with van der Waals surface area (Å²) < 4.78 is 4.88. The van der Waals surface area contributed by atoms with Crippen molar-refractivity contribution in [3.8, 4) is 0 Å². The van der Waals surface area contributed by atoms with Gasteiger partial charge in [0.05, 0.1) is 6.61 Å². The van der Waals surface area contributed by atoms with Gasteiger partial charge in [0.2, 0.25) is 0 Å². The second-order valence-electron chi connectivity index (χ2n) is 3.38. The van der Waals surface area contributed by atoms with Gasteiger partial charge in [0.15, 0.2) is 6.10 Å². The van der Waals surface area contributed by atoms with E-state index in [0.29, 0.717) is 19.7 Å². The number of hydrogen-bond donors (Lipinski definition) is 2. The maximum atomic E-state index is 11.2. The third kappa shape index (κ3) is 2.97. The van der Waals surface area contributed by atoms with Gasteiger partial charge in [0, 0.05) is 19.0 Å². The highest BCUT2D eigenvalue weighted by Gasteiger charge is 2.31. The standard InChI is InChI=1S/C9H17NO3/c1-2-3-4-13-9(12)8(11)7-5-10-6-7/h7-8,10-11H,2-6H2,1H3. The summed E-state index contributed by atoms with van der Waals surface area (Å²) in [6.07, 6.45) is 0.925. The smallest absolute Gasteiger partial charge is 0.335 e. The first-order chi connectivity index (χ1) is 6.25. The van der Waals surface area contributed by atoms with Gasteiger partial charge in [-0.25, -0.2) is 4.79 Å². The lowest BCUT2D eigenvalue weighted by Gasteiger charge is -2.29. The lowest BCUT2D eigenvalue weighted by molar-refractivity contribution is -0.157. The summed E-state index contributed by atoms with van der Waals surface area (Å²) in [6.45, 7) is 3.88. The van der Waals surface area contributed by atoms with Gasteiger partial charge in [0.25, 0.3) is 0 Å². The third-order valence-electron chi connectivity index (χ3n) is 2.24. The molecule has 1 saturated heterocycles.